The Balaban J connectivity index is 2.05. The van der Waals surface area contributed by atoms with Gasteiger partial charge in [-0.1, -0.05) is 30.3 Å². The van der Waals surface area contributed by atoms with Crippen LogP contribution in [0.5, 0.6) is 11.5 Å². The van der Waals surface area contributed by atoms with Gasteiger partial charge in [0.25, 0.3) is 11.8 Å². The zero-order valence-corrected chi connectivity index (χ0v) is 17.1. The number of hydrogen-bond acceptors (Lipinski definition) is 4. The van der Waals surface area contributed by atoms with Crippen LogP contribution in [0.15, 0.2) is 72.8 Å². The maximum absolute atomic E-state index is 13.4. The molecule has 0 aliphatic carbocycles. The number of anilines is 1. The monoisotopic (exact) mass is 404 g/mol. The van der Waals surface area contributed by atoms with E-state index < -0.39 is 5.91 Å². The van der Waals surface area contributed by atoms with Gasteiger partial charge in [-0.25, -0.2) is 0 Å². The normalized spacial score (nSPS) is 11.6. The number of nitrogens with zero attached hydrogens (tertiary/aromatic N) is 2. The van der Waals surface area contributed by atoms with Crippen LogP contribution in [0.3, 0.4) is 0 Å². The summed E-state index contributed by atoms with van der Waals surface area (Å²) in [6.45, 7) is 1.89. The molecule has 0 aliphatic heterocycles. The van der Waals surface area contributed by atoms with Crippen LogP contribution in [0.25, 0.3) is 0 Å². The smallest absolute Gasteiger partial charge is 0.262 e. The van der Waals surface area contributed by atoms with E-state index in [2.05, 4.69) is 0 Å². The summed E-state index contributed by atoms with van der Waals surface area (Å²) in [7, 11) is 3.36. The van der Waals surface area contributed by atoms with Crippen LogP contribution in [-0.2, 0) is 0 Å². The number of benzene rings is 3. The van der Waals surface area contributed by atoms with Gasteiger partial charge in [0.05, 0.1) is 11.6 Å². The zero-order valence-electron chi connectivity index (χ0n) is 17.1. The van der Waals surface area contributed by atoms with Crippen LogP contribution in [0, 0.1) is 0 Å². The Hall–Kier alpha value is -3.80. The molecule has 6 nitrogen and oxygen atoms in total. The molecule has 0 saturated carbocycles. The minimum atomic E-state index is -0.421. The number of amides is 2. The van der Waals surface area contributed by atoms with E-state index in [4.69, 9.17) is 0 Å². The third kappa shape index (κ3) is 4.27. The van der Waals surface area contributed by atoms with Gasteiger partial charge >= 0.3 is 0 Å². The Morgan fingerprint density at radius 1 is 0.833 bits per heavy atom. The quantitative estimate of drug-likeness (QED) is 0.668. The highest BCUT2D eigenvalue weighted by atomic mass is 16.3. The fourth-order valence-corrected chi connectivity index (χ4v) is 3.25. The molecule has 3 rings (SSSR count). The summed E-state index contributed by atoms with van der Waals surface area (Å²) in [4.78, 5) is 28.7. The molecule has 6 heteroatoms. The molecule has 2 N–H and O–H groups in total. The van der Waals surface area contributed by atoms with Crippen molar-refractivity contribution < 1.29 is 19.8 Å². The largest absolute Gasteiger partial charge is 0.508 e. The van der Waals surface area contributed by atoms with Crippen LogP contribution >= 0.6 is 0 Å². The highest BCUT2D eigenvalue weighted by Crippen LogP contribution is 2.32. The highest BCUT2D eigenvalue weighted by Gasteiger charge is 2.27. The summed E-state index contributed by atoms with van der Waals surface area (Å²) in [5.41, 5.74) is 2.08. The van der Waals surface area contributed by atoms with E-state index in [0.717, 1.165) is 11.6 Å². The summed E-state index contributed by atoms with van der Waals surface area (Å²) < 4.78 is 0. The summed E-state index contributed by atoms with van der Waals surface area (Å²) in [6.07, 6.45) is 0. The van der Waals surface area contributed by atoms with Crippen LogP contribution < -0.4 is 4.90 Å². The van der Waals surface area contributed by atoms with Gasteiger partial charge in [-0.05, 0) is 48.9 Å². The lowest BCUT2D eigenvalue weighted by Crippen LogP contribution is -2.33. The molecular weight excluding hydrogens is 380 g/mol. The second-order valence-electron chi connectivity index (χ2n) is 7.21. The fourth-order valence-electron chi connectivity index (χ4n) is 3.25. The molecule has 0 unspecified atom stereocenters. The number of aromatic hydroxyl groups is 2. The molecule has 1 atom stereocenters. The van der Waals surface area contributed by atoms with Gasteiger partial charge in [-0.15, -0.1) is 0 Å². The van der Waals surface area contributed by atoms with Gasteiger partial charge in [0.2, 0.25) is 0 Å². The third-order valence-electron chi connectivity index (χ3n) is 4.90. The Kier molecular flexibility index (Phi) is 6.06. The molecule has 0 saturated heterocycles. The van der Waals surface area contributed by atoms with Crippen molar-refractivity contribution in [1.29, 1.82) is 0 Å². The molecule has 0 spiro atoms. The molecule has 0 radical (unpaired) electrons. The zero-order chi connectivity index (χ0) is 21.8. The number of carbonyl (C=O) groups excluding carboxylic acids is 2. The van der Waals surface area contributed by atoms with E-state index in [-0.39, 0.29) is 29.0 Å². The average Bonchev–Trinajstić information content (AvgIpc) is 2.74. The van der Waals surface area contributed by atoms with Gasteiger partial charge in [0.1, 0.15) is 11.5 Å². The van der Waals surface area contributed by atoms with Crippen LogP contribution in [0.2, 0.25) is 0 Å². The first-order valence-electron chi connectivity index (χ1n) is 9.52. The third-order valence-corrected chi connectivity index (χ3v) is 4.90. The van der Waals surface area contributed by atoms with E-state index in [1.807, 2.05) is 37.3 Å². The standard InChI is InChI=1S/C24H24N2O4/c1-16(17-7-5-4-6-8-17)26(24(30)21-14-13-20(27)15-22(21)28)19-11-9-18(10-12-19)23(29)25(2)3/h4-16,27-28H,1-3H3/t16-/m1/s1. The molecule has 30 heavy (non-hydrogen) atoms. The molecule has 0 heterocycles. The van der Waals surface area contributed by atoms with Crippen LogP contribution in [0.1, 0.15) is 39.2 Å². The first kappa shape index (κ1) is 20.9. The number of hydrogen-bond donors (Lipinski definition) is 2. The average molecular weight is 404 g/mol. The van der Waals surface area contributed by atoms with Gasteiger partial charge < -0.3 is 20.0 Å². The number of carbonyl (C=O) groups is 2. The van der Waals surface area contributed by atoms with Crippen molar-refractivity contribution >= 4 is 17.5 Å². The lowest BCUT2D eigenvalue weighted by Gasteiger charge is -2.30. The Bertz CT molecular complexity index is 1050. The summed E-state index contributed by atoms with van der Waals surface area (Å²) in [5, 5.41) is 19.8. The Morgan fingerprint density at radius 3 is 2.03 bits per heavy atom. The van der Waals surface area contributed by atoms with Crippen molar-refractivity contribution in [3.63, 3.8) is 0 Å². The maximum atomic E-state index is 13.4. The number of phenolic OH excluding ortho intramolecular Hbond substituents is 2. The van der Waals surface area contributed by atoms with E-state index in [9.17, 15) is 19.8 Å². The van der Waals surface area contributed by atoms with E-state index in [0.29, 0.717) is 11.3 Å². The fraction of sp³-hybridized carbons (Fsp3) is 0.167. The van der Waals surface area contributed by atoms with Crippen molar-refractivity contribution in [2.45, 2.75) is 13.0 Å². The number of phenols is 2. The van der Waals surface area contributed by atoms with Gasteiger partial charge in [-0.3, -0.25) is 9.59 Å². The second kappa shape index (κ2) is 8.69. The van der Waals surface area contributed by atoms with Crippen molar-refractivity contribution in [3.05, 3.63) is 89.5 Å². The predicted molar refractivity (Wildman–Crippen MR) is 116 cm³/mol. The second-order valence-corrected chi connectivity index (χ2v) is 7.21. The lowest BCUT2D eigenvalue weighted by atomic mass is 10.0. The van der Waals surface area contributed by atoms with E-state index >= 15 is 0 Å². The van der Waals surface area contributed by atoms with Crippen molar-refractivity contribution in [1.82, 2.24) is 4.90 Å². The van der Waals surface area contributed by atoms with Gasteiger partial charge in [-0.2, -0.15) is 0 Å². The first-order chi connectivity index (χ1) is 14.3. The molecule has 0 fully saturated rings. The molecule has 0 bridgehead atoms. The number of rotatable bonds is 5. The highest BCUT2D eigenvalue weighted by molar-refractivity contribution is 6.08. The molecule has 154 valence electrons. The Labute approximate surface area is 175 Å². The van der Waals surface area contributed by atoms with E-state index in [1.54, 1.807) is 43.3 Å². The van der Waals surface area contributed by atoms with Crippen molar-refractivity contribution in [2.75, 3.05) is 19.0 Å². The SMILES string of the molecule is C[C@H](c1ccccc1)N(C(=O)c1ccc(O)cc1O)c1ccc(C(=O)N(C)C)cc1. The molecule has 3 aromatic rings. The summed E-state index contributed by atoms with van der Waals surface area (Å²) in [6, 6.07) is 19.8. The minimum absolute atomic E-state index is 0.0732. The topological polar surface area (TPSA) is 81.1 Å². The summed E-state index contributed by atoms with van der Waals surface area (Å²) in [5.74, 6) is -0.981. The predicted octanol–water partition coefficient (Wildman–Crippen LogP) is 4.21. The van der Waals surface area contributed by atoms with Crippen LogP contribution in [-0.4, -0.2) is 41.0 Å². The van der Waals surface area contributed by atoms with E-state index in [1.165, 1.54) is 17.0 Å². The molecule has 0 aromatic heterocycles. The molecule has 2 amide bonds. The van der Waals surface area contributed by atoms with Gasteiger partial charge in [0, 0.05) is 31.4 Å². The van der Waals surface area contributed by atoms with Gasteiger partial charge in [0.15, 0.2) is 0 Å². The molecule has 0 aliphatic rings. The lowest BCUT2D eigenvalue weighted by molar-refractivity contribution is 0.0827. The maximum Gasteiger partial charge on any atom is 0.262 e. The van der Waals surface area contributed by atoms with Crippen molar-refractivity contribution in [2.24, 2.45) is 0 Å². The first-order valence-corrected chi connectivity index (χ1v) is 9.52. The summed E-state index contributed by atoms with van der Waals surface area (Å²) >= 11 is 0. The minimum Gasteiger partial charge on any atom is -0.508 e. The van der Waals surface area contributed by atoms with Crippen molar-refractivity contribution in [3.8, 4) is 11.5 Å². The molecule has 3 aromatic carbocycles. The Morgan fingerprint density at radius 2 is 1.47 bits per heavy atom. The molecular formula is C24H24N2O4. The van der Waals surface area contributed by atoms with Crippen LogP contribution in [0.4, 0.5) is 5.69 Å².